The third-order valence-corrected chi connectivity index (χ3v) is 4.17. The second-order valence-electron chi connectivity index (χ2n) is 5.20. The van der Waals surface area contributed by atoms with E-state index in [1.54, 1.807) is 0 Å². The first-order valence-electron chi connectivity index (χ1n) is 7.20. The molecule has 4 heteroatoms. The first kappa shape index (κ1) is 16.5. The molecule has 2 nitrogen and oxygen atoms in total. The zero-order valence-corrected chi connectivity index (χ0v) is 14.7. The second-order valence-corrected chi connectivity index (χ2v) is 6.53. The van der Waals surface area contributed by atoms with E-state index in [2.05, 4.69) is 52.2 Å². The van der Waals surface area contributed by atoms with Gasteiger partial charge in [0.15, 0.2) is 0 Å². The fourth-order valence-electron chi connectivity index (χ4n) is 2.26. The van der Waals surface area contributed by atoms with Crippen molar-refractivity contribution in [1.82, 2.24) is 10.3 Å². The predicted molar refractivity (Wildman–Crippen MR) is 92.9 cm³/mol. The molecule has 1 unspecified atom stereocenters. The van der Waals surface area contributed by atoms with E-state index in [4.69, 9.17) is 11.6 Å². The lowest BCUT2D eigenvalue weighted by Gasteiger charge is -2.20. The quantitative estimate of drug-likeness (QED) is 0.769. The minimum absolute atomic E-state index is 0.187. The van der Waals surface area contributed by atoms with Gasteiger partial charge in [-0.05, 0) is 65.1 Å². The first-order chi connectivity index (χ1) is 10.1. The third kappa shape index (κ3) is 4.80. The van der Waals surface area contributed by atoms with Crippen molar-refractivity contribution < 1.29 is 0 Å². The molecule has 0 fully saturated rings. The molecule has 2 aromatic rings. The molecule has 1 aromatic carbocycles. The van der Waals surface area contributed by atoms with Crippen LogP contribution in [0.15, 0.2) is 41.0 Å². The Morgan fingerprint density at radius 2 is 2.10 bits per heavy atom. The Balaban J connectivity index is 2.22. The molecule has 21 heavy (non-hydrogen) atoms. The first-order valence-corrected chi connectivity index (χ1v) is 8.37. The predicted octanol–water partition coefficient (Wildman–Crippen LogP) is 5.09. The highest BCUT2D eigenvalue weighted by atomic mass is 79.9. The van der Waals surface area contributed by atoms with E-state index in [9.17, 15) is 0 Å². The van der Waals surface area contributed by atoms with E-state index in [1.807, 2.05) is 24.4 Å². The van der Waals surface area contributed by atoms with E-state index >= 15 is 0 Å². The molecule has 1 N–H and O–H groups in total. The van der Waals surface area contributed by atoms with E-state index < -0.39 is 0 Å². The Hall–Kier alpha value is -0.900. The summed E-state index contributed by atoms with van der Waals surface area (Å²) < 4.78 is 0.998. The minimum atomic E-state index is 0.187. The molecule has 2 rings (SSSR count). The van der Waals surface area contributed by atoms with Crippen molar-refractivity contribution in [3.05, 3.63) is 62.8 Å². The molecule has 0 bridgehead atoms. The van der Waals surface area contributed by atoms with Crippen LogP contribution in [0.2, 0.25) is 5.02 Å². The van der Waals surface area contributed by atoms with Gasteiger partial charge in [-0.3, -0.25) is 4.98 Å². The average Bonchev–Trinajstić information content (AvgIpc) is 2.46. The van der Waals surface area contributed by atoms with E-state index in [0.717, 1.165) is 40.1 Å². The molecule has 1 heterocycles. The Bertz CT molecular complexity index is 584. The maximum atomic E-state index is 6.43. The van der Waals surface area contributed by atoms with Crippen LogP contribution < -0.4 is 5.32 Å². The van der Waals surface area contributed by atoms with E-state index in [1.165, 1.54) is 5.56 Å². The summed E-state index contributed by atoms with van der Waals surface area (Å²) >= 11 is 9.85. The van der Waals surface area contributed by atoms with Crippen molar-refractivity contribution in [1.29, 1.82) is 0 Å². The Morgan fingerprint density at radius 3 is 2.71 bits per heavy atom. The number of hydrogen-bond acceptors (Lipinski definition) is 2. The van der Waals surface area contributed by atoms with Gasteiger partial charge in [-0.2, -0.15) is 0 Å². The fraction of sp³-hybridized carbons (Fsp3) is 0.353. The number of aromatic nitrogens is 1. The van der Waals surface area contributed by atoms with Crippen LogP contribution in [0.25, 0.3) is 0 Å². The lowest BCUT2D eigenvalue weighted by molar-refractivity contribution is 0.524. The number of rotatable bonds is 6. The summed E-state index contributed by atoms with van der Waals surface area (Å²) in [4.78, 5) is 4.47. The van der Waals surface area contributed by atoms with Gasteiger partial charge >= 0.3 is 0 Å². The number of nitrogens with one attached hydrogen (secondary N) is 1. The molecule has 0 aliphatic heterocycles. The fourth-order valence-corrected chi connectivity index (χ4v) is 2.86. The SMILES string of the molecule is CCCNC(Cc1ccc(Br)cn1)c1ccc(C)cc1Cl. The van der Waals surface area contributed by atoms with Gasteiger partial charge in [-0.1, -0.05) is 30.7 Å². The van der Waals surface area contributed by atoms with E-state index in [0.29, 0.717) is 0 Å². The lowest BCUT2D eigenvalue weighted by atomic mass is 10.00. The zero-order chi connectivity index (χ0) is 15.2. The molecular weight excluding hydrogens is 348 g/mol. The molecule has 0 saturated carbocycles. The number of pyridine rings is 1. The molecule has 0 aliphatic rings. The van der Waals surface area contributed by atoms with Crippen molar-refractivity contribution in [3.63, 3.8) is 0 Å². The highest BCUT2D eigenvalue weighted by Gasteiger charge is 2.15. The Kier molecular flexibility index (Phi) is 6.22. The van der Waals surface area contributed by atoms with Gasteiger partial charge in [0.2, 0.25) is 0 Å². The van der Waals surface area contributed by atoms with Crippen molar-refractivity contribution in [2.24, 2.45) is 0 Å². The maximum absolute atomic E-state index is 6.43. The summed E-state index contributed by atoms with van der Waals surface area (Å²) in [6, 6.07) is 10.5. The number of benzene rings is 1. The van der Waals surface area contributed by atoms with Crippen molar-refractivity contribution in [3.8, 4) is 0 Å². The van der Waals surface area contributed by atoms with Crippen molar-refractivity contribution in [2.75, 3.05) is 6.54 Å². The van der Waals surface area contributed by atoms with Gasteiger partial charge in [-0.15, -0.1) is 0 Å². The summed E-state index contributed by atoms with van der Waals surface area (Å²) in [5.41, 5.74) is 3.38. The summed E-state index contributed by atoms with van der Waals surface area (Å²) in [6.45, 7) is 5.19. The smallest absolute Gasteiger partial charge is 0.0456 e. The Labute approximate surface area is 140 Å². The Morgan fingerprint density at radius 1 is 1.29 bits per heavy atom. The standard InChI is InChI=1S/C17H20BrClN2/c1-3-8-20-17(10-14-6-5-13(18)11-21-14)15-7-4-12(2)9-16(15)19/h4-7,9,11,17,20H,3,8,10H2,1-2H3. The zero-order valence-electron chi connectivity index (χ0n) is 12.4. The molecule has 1 atom stereocenters. The summed E-state index contributed by atoms with van der Waals surface area (Å²) in [5, 5.41) is 4.39. The lowest BCUT2D eigenvalue weighted by Crippen LogP contribution is -2.24. The molecule has 0 radical (unpaired) electrons. The van der Waals surface area contributed by atoms with Crippen LogP contribution >= 0.6 is 27.5 Å². The average molecular weight is 368 g/mol. The van der Waals surface area contributed by atoms with Crippen LogP contribution in [0.3, 0.4) is 0 Å². The van der Waals surface area contributed by atoms with Crippen LogP contribution in [-0.2, 0) is 6.42 Å². The third-order valence-electron chi connectivity index (χ3n) is 3.37. The number of aryl methyl sites for hydroxylation is 1. The molecule has 0 saturated heterocycles. The van der Waals surface area contributed by atoms with Gasteiger partial charge in [0.1, 0.15) is 0 Å². The van der Waals surface area contributed by atoms with Crippen LogP contribution in [0.1, 0.15) is 36.2 Å². The van der Waals surface area contributed by atoms with Gasteiger partial charge in [0, 0.05) is 33.8 Å². The highest BCUT2D eigenvalue weighted by Crippen LogP contribution is 2.26. The van der Waals surface area contributed by atoms with Gasteiger partial charge in [0.25, 0.3) is 0 Å². The molecule has 112 valence electrons. The second kappa shape index (κ2) is 7.92. The van der Waals surface area contributed by atoms with Gasteiger partial charge in [0.05, 0.1) is 0 Å². The minimum Gasteiger partial charge on any atom is -0.310 e. The monoisotopic (exact) mass is 366 g/mol. The number of halogens is 2. The summed E-state index contributed by atoms with van der Waals surface area (Å²) in [7, 11) is 0. The molecule has 0 amide bonds. The number of hydrogen-bond donors (Lipinski definition) is 1. The van der Waals surface area contributed by atoms with Crippen LogP contribution in [0.5, 0.6) is 0 Å². The van der Waals surface area contributed by atoms with Crippen molar-refractivity contribution >= 4 is 27.5 Å². The van der Waals surface area contributed by atoms with Crippen LogP contribution in [-0.4, -0.2) is 11.5 Å². The number of nitrogens with zero attached hydrogens (tertiary/aromatic N) is 1. The van der Waals surface area contributed by atoms with Crippen molar-refractivity contribution in [2.45, 2.75) is 32.7 Å². The summed E-state index contributed by atoms with van der Waals surface area (Å²) in [6.07, 6.45) is 3.76. The maximum Gasteiger partial charge on any atom is 0.0456 e. The van der Waals surface area contributed by atoms with Gasteiger partial charge < -0.3 is 5.32 Å². The normalized spacial score (nSPS) is 12.4. The van der Waals surface area contributed by atoms with E-state index in [-0.39, 0.29) is 6.04 Å². The van der Waals surface area contributed by atoms with Crippen LogP contribution in [0.4, 0.5) is 0 Å². The molecule has 0 aliphatic carbocycles. The molecule has 0 spiro atoms. The highest BCUT2D eigenvalue weighted by molar-refractivity contribution is 9.10. The van der Waals surface area contributed by atoms with Gasteiger partial charge in [-0.25, -0.2) is 0 Å². The molecular formula is C17H20BrClN2. The molecule has 1 aromatic heterocycles. The topological polar surface area (TPSA) is 24.9 Å². The van der Waals surface area contributed by atoms with Crippen LogP contribution in [0, 0.1) is 6.92 Å². The largest absolute Gasteiger partial charge is 0.310 e. The summed E-state index contributed by atoms with van der Waals surface area (Å²) in [5.74, 6) is 0.